The van der Waals surface area contributed by atoms with E-state index < -0.39 is 10.0 Å². The molecule has 0 saturated carbocycles. The van der Waals surface area contributed by atoms with E-state index in [1.54, 1.807) is 30.5 Å². The summed E-state index contributed by atoms with van der Waals surface area (Å²) in [6, 6.07) is 12.9. The van der Waals surface area contributed by atoms with E-state index in [0.29, 0.717) is 24.4 Å². The molecule has 2 aromatic carbocycles. The van der Waals surface area contributed by atoms with E-state index in [1.165, 1.54) is 7.11 Å². The van der Waals surface area contributed by atoms with Gasteiger partial charge >= 0.3 is 0 Å². The van der Waals surface area contributed by atoms with Crippen LogP contribution in [0.4, 0.5) is 5.69 Å². The number of benzene rings is 2. The van der Waals surface area contributed by atoms with E-state index in [9.17, 15) is 13.2 Å². The van der Waals surface area contributed by atoms with Crippen LogP contribution in [-0.4, -0.2) is 44.4 Å². The van der Waals surface area contributed by atoms with Gasteiger partial charge in [0, 0.05) is 31.1 Å². The molecular formula is C21H26N4O4S. The maximum atomic E-state index is 12.4. The van der Waals surface area contributed by atoms with E-state index in [4.69, 9.17) is 4.74 Å². The van der Waals surface area contributed by atoms with Crippen molar-refractivity contribution in [1.82, 2.24) is 14.5 Å². The van der Waals surface area contributed by atoms with Gasteiger partial charge < -0.3 is 10.1 Å². The van der Waals surface area contributed by atoms with Crippen LogP contribution in [0.3, 0.4) is 0 Å². The minimum absolute atomic E-state index is 0.162. The zero-order valence-electron chi connectivity index (χ0n) is 17.1. The Morgan fingerprint density at radius 2 is 2.03 bits per heavy atom. The number of aryl methyl sites for hydroxylation is 2. The lowest BCUT2D eigenvalue weighted by molar-refractivity contribution is -0.116. The van der Waals surface area contributed by atoms with Crippen LogP contribution in [0, 0.1) is 6.92 Å². The largest absolute Gasteiger partial charge is 0.383 e. The van der Waals surface area contributed by atoms with Gasteiger partial charge in [-0.15, -0.1) is 0 Å². The molecule has 1 aromatic heterocycles. The second-order valence-electron chi connectivity index (χ2n) is 7.07. The van der Waals surface area contributed by atoms with Crippen molar-refractivity contribution in [3.8, 4) is 0 Å². The smallest absolute Gasteiger partial charge is 0.226 e. The highest BCUT2D eigenvalue weighted by Gasteiger charge is 2.12. The maximum Gasteiger partial charge on any atom is 0.226 e. The van der Waals surface area contributed by atoms with Gasteiger partial charge in [0.05, 0.1) is 30.6 Å². The van der Waals surface area contributed by atoms with Gasteiger partial charge in [-0.1, -0.05) is 24.3 Å². The van der Waals surface area contributed by atoms with Crippen LogP contribution < -0.4 is 10.0 Å². The minimum atomic E-state index is -3.47. The highest BCUT2D eigenvalue weighted by atomic mass is 32.2. The number of anilines is 1. The van der Waals surface area contributed by atoms with Gasteiger partial charge in [-0.3, -0.25) is 9.48 Å². The second kappa shape index (κ2) is 9.84. The molecule has 0 fully saturated rings. The maximum absolute atomic E-state index is 12.4. The number of nitrogens with one attached hydrogen (secondary N) is 2. The number of ether oxygens (including phenoxy) is 1. The fourth-order valence-corrected chi connectivity index (χ4v) is 4.21. The van der Waals surface area contributed by atoms with Crippen LogP contribution in [0.15, 0.2) is 48.7 Å². The van der Waals surface area contributed by atoms with E-state index in [-0.39, 0.29) is 24.6 Å². The Balaban J connectivity index is 1.57. The van der Waals surface area contributed by atoms with Crippen molar-refractivity contribution in [2.45, 2.75) is 25.6 Å². The van der Waals surface area contributed by atoms with Crippen LogP contribution in [0.5, 0.6) is 0 Å². The zero-order valence-corrected chi connectivity index (χ0v) is 17.9. The van der Waals surface area contributed by atoms with E-state index in [0.717, 1.165) is 16.5 Å². The first-order valence-electron chi connectivity index (χ1n) is 9.63. The number of nitrogens with zero attached hydrogens (tertiary/aromatic N) is 2. The monoisotopic (exact) mass is 430 g/mol. The number of amides is 1. The molecule has 0 aliphatic rings. The molecular weight excluding hydrogens is 404 g/mol. The molecule has 0 bridgehead atoms. The number of methoxy groups -OCH3 is 1. The molecule has 0 unspecified atom stereocenters. The molecule has 0 aliphatic carbocycles. The molecule has 1 amide bonds. The number of carbonyl (C=O) groups excluding carboxylic acids is 1. The lowest BCUT2D eigenvalue weighted by Crippen LogP contribution is -2.28. The number of hydrogen-bond acceptors (Lipinski definition) is 5. The summed E-state index contributed by atoms with van der Waals surface area (Å²) < 4.78 is 33.4. The molecule has 0 atom stereocenters. The number of carbonyl (C=O) groups is 1. The Morgan fingerprint density at radius 1 is 1.20 bits per heavy atom. The summed E-state index contributed by atoms with van der Waals surface area (Å²) in [6.45, 7) is 3.00. The summed E-state index contributed by atoms with van der Waals surface area (Å²) >= 11 is 0. The van der Waals surface area contributed by atoms with Gasteiger partial charge in [0.15, 0.2) is 0 Å². The standard InChI is InChI=1S/C21H26N4O4S/c1-16-6-7-18-14-22-25(20(18)12-16)10-8-21(26)24-19-5-3-4-17(13-19)15-30(27,28)23-9-11-29-2/h3-7,12-14,23H,8-11,15H2,1-2H3,(H,24,26). The summed E-state index contributed by atoms with van der Waals surface area (Å²) in [7, 11) is -1.96. The number of sulfonamides is 1. The molecule has 3 aromatic rings. The third kappa shape index (κ3) is 6.12. The Morgan fingerprint density at radius 3 is 2.83 bits per heavy atom. The fraction of sp³-hybridized carbons (Fsp3) is 0.333. The summed E-state index contributed by atoms with van der Waals surface area (Å²) in [4.78, 5) is 12.4. The van der Waals surface area contributed by atoms with Gasteiger partial charge in [0.1, 0.15) is 0 Å². The van der Waals surface area contributed by atoms with Gasteiger partial charge in [-0.05, 0) is 36.2 Å². The summed E-state index contributed by atoms with van der Waals surface area (Å²) in [6.07, 6.45) is 2.04. The highest BCUT2D eigenvalue weighted by molar-refractivity contribution is 7.88. The van der Waals surface area contributed by atoms with Crippen LogP contribution >= 0.6 is 0 Å². The molecule has 1 heterocycles. The average Bonchev–Trinajstić information content (AvgIpc) is 3.08. The Labute approximate surface area is 176 Å². The van der Waals surface area contributed by atoms with Gasteiger partial charge in [0.25, 0.3) is 0 Å². The lowest BCUT2D eigenvalue weighted by atomic mass is 10.2. The number of rotatable bonds is 10. The fourth-order valence-electron chi connectivity index (χ4n) is 3.10. The van der Waals surface area contributed by atoms with Crippen molar-refractivity contribution in [2.24, 2.45) is 0 Å². The zero-order chi connectivity index (χ0) is 21.6. The Kier molecular flexibility index (Phi) is 7.20. The third-order valence-corrected chi connectivity index (χ3v) is 5.90. The quantitative estimate of drug-likeness (QED) is 0.481. The molecule has 0 saturated heterocycles. The van der Waals surface area contributed by atoms with Crippen LogP contribution in [0.1, 0.15) is 17.5 Å². The predicted octanol–water partition coefficient (Wildman–Crippen LogP) is 2.44. The Bertz CT molecular complexity index is 1120. The van der Waals surface area contributed by atoms with Crippen molar-refractivity contribution >= 4 is 32.5 Å². The van der Waals surface area contributed by atoms with Crippen molar-refractivity contribution in [2.75, 3.05) is 25.6 Å². The minimum Gasteiger partial charge on any atom is -0.383 e. The summed E-state index contributed by atoms with van der Waals surface area (Å²) in [5.74, 6) is -0.330. The molecule has 0 radical (unpaired) electrons. The van der Waals surface area contributed by atoms with Gasteiger partial charge in [-0.25, -0.2) is 13.1 Å². The number of hydrogen-bond donors (Lipinski definition) is 2. The molecule has 2 N–H and O–H groups in total. The first-order chi connectivity index (χ1) is 14.4. The van der Waals surface area contributed by atoms with E-state index in [1.807, 2.05) is 29.8 Å². The molecule has 0 aliphatic heterocycles. The average molecular weight is 431 g/mol. The van der Waals surface area contributed by atoms with Crippen molar-refractivity contribution in [3.63, 3.8) is 0 Å². The predicted molar refractivity (Wildman–Crippen MR) is 117 cm³/mol. The van der Waals surface area contributed by atoms with E-state index in [2.05, 4.69) is 15.1 Å². The van der Waals surface area contributed by atoms with Gasteiger partial charge in [0.2, 0.25) is 15.9 Å². The van der Waals surface area contributed by atoms with Crippen LogP contribution in [0.25, 0.3) is 10.9 Å². The highest BCUT2D eigenvalue weighted by Crippen LogP contribution is 2.17. The number of fused-ring (bicyclic) bond motifs is 1. The summed E-state index contributed by atoms with van der Waals surface area (Å²) in [5.41, 5.74) is 3.28. The van der Waals surface area contributed by atoms with Crippen LogP contribution in [-0.2, 0) is 31.9 Å². The lowest BCUT2D eigenvalue weighted by Gasteiger charge is -2.09. The SMILES string of the molecule is COCCNS(=O)(=O)Cc1cccc(NC(=O)CCn2ncc3ccc(C)cc32)c1. The summed E-state index contributed by atoms with van der Waals surface area (Å²) in [5, 5.41) is 8.22. The first-order valence-corrected chi connectivity index (χ1v) is 11.3. The third-order valence-electron chi connectivity index (χ3n) is 4.55. The molecule has 9 heteroatoms. The van der Waals surface area contributed by atoms with Crippen molar-refractivity contribution in [1.29, 1.82) is 0 Å². The second-order valence-corrected chi connectivity index (χ2v) is 8.88. The topological polar surface area (TPSA) is 102 Å². The Hall–Kier alpha value is -2.75. The van der Waals surface area contributed by atoms with Crippen molar-refractivity contribution < 1.29 is 17.9 Å². The molecule has 8 nitrogen and oxygen atoms in total. The molecule has 3 rings (SSSR count). The normalized spacial score (nSPS) is 11.7. The molecule has 0 spiro atoms. The van der Waals surface area contributed by atoms with Gasteiger partial charge in [-0.2, -0.15) is 5.10 Å². The number of aromatic nitrogens is 2. The van der Waals surface area contributed by atoms with Crippen LogP contribution in [0.2, 0.25) is 0 Å². The van der Waals surface area contributed by atoms with Crippen molar-refractivity contribution in [3.05, 3.63) is 59.8 Å². The molecule has 160 valence electrons. The van der Waals surface area contributed by atoms with E-state index >= 15 is 0 Å². The molecule has 30 heavy (non-hydrogen) atoms. The first kappa shape index (κ1) is 21.9.